The minimum atomic E-state index is 0.532. The van der Waals surface area contributed by atoms with Gasteiger partial charge in [-0.3, -0.25) is 0 Å². The van der Waals surface area contributed by atoms with Crippen LogP contribution in [0, 0.1) is 0 Å². The van der Waals surface area contributed by atoms with Crippen molar-refractivity contribution in [3.8, 4) is 0 Å². The van der Waals surface area contributed by atoms with Crippen molar-refractivity contribution in [1.82, 2.24) is 19.9 Å². The molecule has 2 rings (SSSR count). The molecule has 0 aromatic carbocycles. The highest BCUT2D eigenvalue weighted by atomic mass is 32.2. The van der Waals surface area contributed by atoms with E-state index in [4.69, 9.17) is 0 Å². The molecule has 0 atom stereocenters. The Labute approximate surface area is 84.4 Å². The summed E-state index contributed by atoms with van der Waals surface area (Å²) in [7, 11) is 0. The third-order valence-corrected chi connectivity index (χ3v) is 2.69. The zero-order valence-electron chi connectivity index (χ0n) is 7.30. The summed E-state index contributed by atoms with van der Waals surface area (Å²) in [5.41, 5.74) is 1.50. The normalized spacial score (nSPS) is 10.6. The van der Waals surface area contributed by atoms with Gasteiger partial charge in [-0.15, -0.1) is 11.8 Å². The molecule has 1 N–H and O–H groups in total. The average Bonchev–Trinajstić information content (AvgIpc) is 2.67. The van der Waals surface area contributed by atoms with Crippen LogP contribution in [0.1, 0.15) is 6.42 Å². The predicted molar refractivity (Wildman–Crippen MR) is 53.1 cm³/mol. The second-order valence-corrected chi connectivity index (χ2v) is 3.67. The van der Waals surface area contributed by atoms with Crippen molar-refractivity contribution in [1.29, 1.82) is 0 Å². The Bertz CT molecular complexity index is 442. The summed E-state index contributed by atoms with van der Waals surface area (Å²) < 4.78 is 0. The van der Waals surface area contributed by atoms with Gasteiger partial charge in [-0.2, -0.15) is 0 Å². The molecule has 0 aliphatic heterocycles. The number of carbonyl (C=O) groups is 1. The smallest absolute Gasteiger partial charge is 0.181 e. The van der Waals surface area contributed by atoms with Crippen molar-refractivity contribution < 1.29 is 4.79 Å². The van der Waals surface area contributed by atoms with Crippen molar-refractivity contribution in [3.05, 3.63) is 12.7 Å². The number of fused-ring (bicyclic) bond motifs is 1. The summed E-state index contributed by atoms with van der Waals surface area (Å²) in [6, 6.07) is 0. The van der Waals surface area contributed by atoms with Gasteiger partial charge in [0.25, 0.3) is 0 Å². The fourth-order valence-electron chi connectivity index (χ4n) is 1.06. The highest BCUT2D eigenvalue weighted by molar-refractivity contribution is 7.99. The molecule has 0 radical (unpaired) electrons. The summed E-state index contributed by atoms with van der Waals surface area (Å²) in [6.07, 6.45) is 4.50. The fraction of sp³-hybridized carbons (Fsp3) is 0.250. The molecule has 6 heteroatoms. The number of carbonyl (C=O) groups excluding carboxylic acids is 1. The Kier molecular flexibility index (Phi) is 2.73. The number of nitrogens with one attached hydrogen (secondary N) is 1. The maximum Gasteiger partial charge on any atom is 0.181 e. The lowest BCUT2D eigenvalue weighted by Gasteiger charge is -1.97. The Morgan fingerprint density at radius 3 is 3.21 bits per heavy atom. The van der Waals surface area contributed by atoms with E-state index in [1.54, 1.807) is 6.33 Å². The van der Waals surface area contributed by atoms with E-state index in [2.05, 4.69) is 19.9 Å². The van der Waals surface area contributed by atoms with Crippen LogP contribution in [0.25, 0.3) is 11.2 Å². The van der Waals surface area contributed by atoms with Crippen LogP contribution in [-0.4, -0.2) is 32.0 Å². The van der Waals surface area contributed by atoms with Crippen LogP contribution >= 0.6 is 11.8 Å². The van der Waals surface area contributed by atoms with Gasteiger partial charge in [0.1, 0.15) is 23.2 Å². The molecule has 0 fully saturated rings. The van der Waals surface area contributed by atoms with E-state index in [0.717, 1.165) is 22.6 Å². The Morgan fingerprint density at radius 2 is 2.36 bits per heavy atom. The molecule has 72 valence electrons. The lowest BCUT2D eigenvalue weighted by atomic mass is 10.6. The van der Waals surface area contributed by atoms with Gasteiger partial charge in [0, 0.05) is 12.2 Å². The van der Waals surface area contributed by atoms with E-state index in [9.17, 15) is 4.79 Å². The summed E-state index contributed by atoms with van der Waals surface area (Å²) in [5.74, 6) is 0.731. The number of hydrogen-bond acceptors (Lipinski definition) is 5. The summed E-state index contributed by atoms with van der Waals surface area (Å²) in [4.78, 5) is 25.2. The van der Waals surface area contributed by atoms with Crippen LogP contribution in [0.4, 0.5) is 0 Å². The van der Waals surface area contributed by atoms with Crippen LogP contribution in [0.3, 0.4) is 0 Å². The lowest BCUT2D eigenvalue weighted by Crippen LogP contribution is -1.88. The van der Waals surface area contributed by atoms with Crippen LogP contribution in [0.5, 0.6) is 0 Å². The largest absolute Gasteiger partial charge is 0.341 e. The standard InChI is InChI=1S/C8H8N4OS/c13-2-1-3-14-8-6-7(10-4-9-6)11-5-12-8/h2,4-5H,1,3H2,(H,9,10,11,12). The van der Waals surface area contributed by atoms with Crippen molar-refractivity contribution in [2.45, 2.75) is 11.4 Å². The maximum atomic E-state index is 10.1. The van der Waals surface area contributed by atoms with E-state index in [1.165, 1.54) is 18.1 Å². The first-order valence-corrected chi connectivity index (χ1v) is 5.11. The number of hydrogen-bond donors (Lipinski definition) is 1. The van der Waals surface area contributed by atoms with Crippen molar-refractivity contribution in [2.24, 2.45) is 0 Å². The molecule has 5 nitrogen and oxygen atoms in total. The highest BCUT2D eigenvalue weighted by Crippen LogP contribution is 2.21. The highest BCUT2D eigenvalue weighted by Gasteiger charge is 2.05. The van der Waals surface area contributed by atoms with Crippen molar-refractivity contribution >= 4 is 29.2 Å². The van der Waals surface area contributed by atoms with E-state index < -0.39 is 0 Å². The molecule has 0 saturated heterocycles. The Balaban J connectivity index is 2.23. The molecule has 2 aromatic heterocycles. The molecule has 2 heterocycles. The molecule has 0 spiro atoms. The Morgan fingerprint density at radius 1 is 1.43 bits per heavy atom. The topological polar surface area (TPSA) is 71.5 Å². The minimum Gasteiger partial charge on any atom is -0.341 e. The molecule has 14 heavy (non-hydrogen) atoms. The number of thioether (sulfide) groups is 1. The van der Waals surface area contributed by atoms with Gasteiger partial charge >= 0.3 is 0 Å². The van der Waals surface area contributed by atoms with Gasteiger partial charge < -0.3 is 9.78 Å². The number of aromatic nitrogens is 4. The number of H-pyrrole nitrogens is 1. The molecule has 0 saturated carbocycles. The first kappa shape index (κ1) is 9.14. The van der Waals surface area contributed by atoms with Gasteiger partial charge in [-0.25, -0.2) is 15.0 Å². The summed E-state index contributed by atoms with van der Waals surface area (Å²) in [5, 5.41) is 0.842. The van der Waals surface area contributed by atoms with Crippen LogP contribution in [0.2, 0.25) is 0 Å². The SMILES string of the molecule is O=CCCSc1ncnc2nc[nH]c12. The third-order valence-electron chi connectivity index (χ3n) is 1.66. The van der Waals surface area contributed by atoms with Crippen LogP contribution in [-0.2, 0) is 4.79 Å². The summed E-state index contributed by atoms with van der Waals surface area (Å²) in [6.45, 7) is 0. The molecular formula is C8H8N4OS. The molecule has 0 aliphatic rings. The van der Waals surface area contributed by atoms with Crippen LogP contribution in [0.15, 0.2) is 17.7 Å². The van der Waals surface area contributed by atoms with E-state index >= 15 is 0 Å². The second kappa shape index (κ2) is 4.19. The van der Waals surface area contributed by atoms with Gasteiger partial charge in [-0.05, 0) is 0 Å². The van der Waals surface area contributed by atoms with E-state index in [-0.39, 0.29) is 0 Å². The van der Waals surface area contributed by atoms with Gasteiger partial charge in [0.2, 0.25) is 0 Å². The van der Waals surface area contributed by atoms with Crippen LogP contribution < -0.4 is 0 Å². The molecule has 0 aliphatic carbocycles. The van der Waals surface area contributed by atoms with Gasteiger partial charge in [0.05, 0.1) is 6.33 Å². The minimum absolute atomic E-state index is 0.532. The molecule has 0 unspecified atom stereocenters. The number of imidazole rings is 1. The second-order valence-electron chi connectivity index (χ2n) is 2.58. The number of nitrogens with zero attached hydrogens (tertiary/aromatic N) is 3. The molecular weight excluding hydrogens is 200 g/mol. The number of rotatable bonds is 4. The molecule has 0 bridgehead atoms. The third kappa shape index (κ3) is 1.74. The first-order valence-electron chi connectivity index (χ1n) is 4.12. The molecule has 2 aromatic rings. The number of aldehydes is 1. The summed E-state index contributed by atoms with van der Waals surface area (Å²) >= 11 is 1.53. The van der Waals surface area contributed by atoms with Gasteiger partial charge in [0.15, 0.2) is 5.65 Å². The lowest BCUT2D eigenvalue weighted by molar-refractivity contribution is -0.107. The molecule has 0 amide bonds. The zero-order chi connectivity index (χ0) is 9.80. The van der Waals surface area contributed by atoms with E-state index in [1.807, 2.05) is 0 Å². The van der Waals surface area contributed by atoms with E-state index in [0.29, 0.717) is 12.1 Å². The number of aromatic amines is 1. The van der Waals surface area contributed by atoms with Crippen molar-refractivity contribution in [2.75, 3.05) is 5.75 Å². The first-order chi connectivity index (χ1) is 6.92. The Hall–Kier alpha value is -1.43. The monoisotopic (exact) mass is 208 g/mol. The van der Waals surface area contributed by atoms with Gasteiger partial charge in [-0.1, -0.05) is 0 Å². The maximum absolute atomic E-state index is 10.1. The fourth-order valence-corrected chi connectivity index (χ4v) is 1.88. The quantitative estimate of drug-likeness (QED) is 0.352. The predicted octanol–water partition coefficient (Wildman–Crippen LogP) is 1.03. The van der Waals surface area contributed by atoms with Crippen molar-refractivity contribution in [3.63, 3.8) is 0 Å². The average molecular weight is 208 g/mol. The zero-order valence-corrected chi connectivity index (χ0v) is 8.12.